The minimum Gasteiger partial charge on any atom is -0.376 e. The van der Waals surface area contributed by atoms with Gasteiger partial charge in [-0.3, -0.25) is 9.59 Å². The average Bonchev–Trinajstić information content (AvgIpc) is 3.01. The lowest BCUT2D eigenvalue weighted by molar-refractivity contribution is 0.0447. The standard InChI is InChI=1S/C18H26N2O3/c1-2-19-9-8-15(11-17(19)21)18(22)20(12-14-5-3-6-14)13-16-7-4-10-23-16/h8-9,11,14,16H,2-7,10,12-13H2,1H3/t16-/m0/s1. The maximum atomic E-state index is 12.9. The summed E-state index contributed by atoms with van der Waals surface area (Å²) in [6, 6.07) is 3.23. The fourth-order valence-electron chi connectivity index (χ4n) is 3.35. The van der Waals surface area contributed by atoms with Gasteiger partial charge in [-0.05, 0) is 44.6 Å². The Bertz CT molecular complexity index is 601. The quantitative estimate of drug-likeness (QED) is 0.808. The number of hydrogen-bond acceptors (Lipinski definition) is 3. The van der Waals surface area contributed by atoms with Crippen molar-refractivity contribution in [3.05, 3.63) is 34.2 Å². The van der Waals surface area contributed by atoms with E-state index < -0.39 is 0 Å². The van der Waals surface area contributed by atoms with Crippen LogP contribution in [-0.2, 0) is 11.3 Å². The number of hydrogen-bond donors (Lipinski definition) is 0. The Morgan fingerprint density at radius 2 is 2.13 bits per heavy atom. The molecule has 0 radical (unpaired) electrons. The lowest BCUT2D eigenvalue weighted by atomic mass is 9.85. The Labute approximate surface area is 137 Å². The zero-order valence-electron chi connectivity index (χ0n) is 13.9. The van der Waals surface area contributed by atoms with Gasteiger partial charge >= 0.3 is 0 Å². The molecule has 1 saturated heterocycles. The monoisotopic (exact) mass is 318 g/mol. The van der Waals surface area contributed by atoms with Crippen molar-refractivity contribution < 1.29 is 9.53 Å². The minimum atomic E-state index is -0.112. The van der Waals surface area contributed by atoms with Crippen LogP contribution in [0.15, 0.2) is 23.1 Å². The molecular weight excluding hydrogens is 292 g/mol. The molecule has 0 aromatic carbocycles. The average molecular weight is 318 g/mol. The number of carbonyl (C=O) groups is 1. The Hall–Kier alpha value is -1.62. The van der Waals surface area contributed by atoms with Crippen molar-refractivity contribution in [2.24, 2.45) is 5.92 Å². The lowest BCUT2D eigenvalue weighted by Crippen LogP contribution is -2.42. The molecule has 23 heavy (non-hydrogen) atoms. The van der Waals surface area contributed by atoms with Gasteiger partial charge in [0.05, 0.1) is 6.10 Å². The van der Waals surface area contributed by atoms with Crippen LogP contribution in [-0.4, -0.2) is 41.2 Å². The fraction of sp³-hybridized carbons (Fsp3) is 0.667. The summed E-state index contributed by atoms with van der Waals surface area (Å²) in [6.45, 7) is 4.77. The van der Waals surface area contributed by atoms with Crippen LogP contribution in [0.2, 0.25) is 0 Å². The topological polar surface area (TPSA) is 51.5 Å². The third kappa shape index (κ3) is 3.83. The van der Waals surface area contributed by atoms with E-state index in [2.05, 4.69) is 0 Å². The van der Waals surface area contributed by atoms with Crippen LogP contribution in [0.4, 0.5) is 0 Å². The summed E-state index contributed by atoms with van der Waals surface area (Å²) in [5.74, 6) is 0.573. The maximum absolute atomic E-state index is 12.9. The molecule has 5 heteroatoms. The Kier molecular flexibility index (Phi) is 5.16. The molecule has 126 valence electrons. The molecule has 1 aliphatic carbocycles. The van der Waals surface area contributed by atoms with E-state index in [1.165, 1.54) is 25.3 Å². The Morgan fingerprint density at radius 1 is 1.30 bits per heavy atom. The van der Waals surface area contributed by atoms with Crippen LogP contribution in [0, 0.1) is 5.92 Å². The number of aromatic nitrogens is 1. The SMILES string of the molecule is CCn1ccc(C(=O)N(CC2CCC2)C[C@@H]2CCCO2)cc1=O. The van der Waals surface area contributed by atoms with Crippen LogP contribution in [0.1, 0.15) is 49.4 Å². The highest BCUT2D eigenvalue weighted by molar-refractivity contribution is 5.94. The molecule has 1 aromatic heterocycles. The number of rotatable bonds is 6. The van der Waals surface area contributed by atoms with Crippen molar-refractivity contribution >= 4 is 5.91 Å². The van der Waals surface area contributed by atoms with Crippen LogP contribution < -0.4 is 5.56 Å². The third-order valence-electron chi connectivity index (χ3n) is 5.02. The van der Waals surface area contributed by atoms with Gasteiger partial charge in [-0.1, -0.05) is 6.42 Å². The molecule has 0 bridgehead atoms. The van der Waals surface area contributed by atoms with Gasteiger partial charge in [0.15, 0.2) is 0 Å². The van der Waals surface area contributed by atoms with Crippen LogP contribution in [0.25, 0.3) is 0 Å². The first-order valence-corrected chi connectivity index (χ1v) is 8.78. The van der Waals surface area contributed by atoms with Crippen LogP contribution >= 0.6 is 0 Å². The molecule has 1 aliphatic heterocycles. The Morgan fingerprint density at radius 3 is 2.70 bits per heavy atom. The molecule has 1 atom stereocenters. The number of ether oxygens (including phenoxy) is 1. The van der Waals surface area contributed by atoms with Gasteiger partial charge < -0.3 is 14.2 Å². The van der Waals surface area contributed by atoms with Crippen LogP contribution in [0.5, 0.6) is 0 Å². The molecule has 0 N–H and O–H groups in total. The van der Waals surface area contributed by atoms with Gasteiger partial charge in [0.25, 0.3) is 11.5 Å². The van der Waals surface area contributed by atoms with E-state index >= 15 is 0 Å². The van der Waals surface area contributed by atoms with E-state index in [0.29, 0.717) is 24.6 Å². The van der Waals surface area contributed by atoms with Crippen molar-refractivity contribution in [1.29, 1.82) is 0 Å². The molecule has 3 rings (SSSR count). The molecule has 1 saturated carbocycles. The van der Waals surface area contributed by atoms with E-state index in [4.69, 9.17) is 4.74 Å². The Balaban J connectivity index is 1.74. The molecule has 1 aromatic rings. The van der Waals surface area contributed by atoms with Crippen molar-refractivity contribution in [3.63, 3.8) is 0 Å². The normalized spacial score (nSPS) is 21.2. The minimum absolute atomic E-state index is 0.0345. The van der Waals surface area contributed by atoms with E-state index in [1.807, 2.05) is 11.8 Å². The zero-order chi connectivity index (χ0) is 16.2. The predicted octanol–water partition coefficient (Wildman–Crippen LogP) is 2.29. The molecule has 5 nitrogen and oxygen atoms in total. The largest absolute Gasteiger partial charge is 0.376 e. The number of pyridine rings is 1. The molecule has 0 spiro atoms. The highest BCUT2D eigenvalue weighted by Gasteiger charge is 2.28. The number of carbonyl (C=O) groups excluding carboxylic acids is 1. The van der Waals surface area contributed by atoms with E-state index in [0.717, 1.165) is 26.0 Å². The number of nitrogens with zero attached hydrogens (tertiary/aromatic N) is 2. The summed E-state index contributed by atoms with van der Waals surface area (Å²) < 4.78 is 7.31. The van der Waals surface area contributed by atoms with Crippen molar-refractivity contribution in [2.75, 3.05) is 19.7 Å². The summed E-state index contributed by atoms with van der Waals surface area (Å²) >= 11 is 0. The second-order valence-electron chi connectivity index (χ2n) is 6.68. The van der Waals surface area contributed by atoms with Gasteiger partial charge in [0.2, 0.25) is 0 Å². The van der Waals surface area contributed by atoms with Crippen molar-refractivity contribution in [1.82, 2.24) is 9.47 Å². The summed E-state index contributed by atoms with van der Waals surface area (Å²) in [4.78, 5) is 26.8. The number of amides is 1. The first-order valence-electron chi connectivity index (χ1n) is 8.78. The second kappa shape index (κ2) is 7.30. The maximum Gasteiger partial charge on any atom is 0.254 e. The summed E-state index contributed by atoms with van der Waals surface area (Å²) in [7, 11) is 0. The second-order valence-corrected chi connectivity index (χ2v) is 6.68. The van der Waals surface area contributed by atoms with Crippen molar-refractivity contribution in [2.45, 2.75) is 51.7 Å². The van der Waals surface area contributed by atoms with Gasteiger partial charge in [0, 0.05) is 44.1 Å². The predicted molar refractivity (Wildman–Crippen MR) is 88.6 cm³/mol. The smallest absolute Gasteiger partial charge is 0.254 e. The molecule has 2 fully saturated rings. The van der Waals surface area contributed by atoms with E-state index in [9.17, 15) is 9.59 Å². The van der Waals surface area contributed by atoms with E-state index in [-0.39, 0.29) is 17.6 Å². The summed E-state index contributed by atoms with van der Waals surface area (Å²) in [6.07, 6.45) is 7.62. The highest BCUT2D eigenvalue weighted by Crippen LogP contribution is 2.28. The first kappa shape index (κ1) is 16.2. The molecular formula is C18H26N2O3. The van der Waals surface area contributed by atoms with Crippen LogP contribution in [0.3, 0.4) is 0 Å². The van der Waals surface area contributed by atoms with E-state index in [1.54, 1.807) is 16.8 Å². The van der Waals surface area contributed by atoms with Gasteiger partial charge in [0.1, 0.15) is 0 Å². The summed E-state index contributed by atoms with van der Waals surface area (Å²) in [5.41, 5.74) is 0.385. The first-order chi connectivity index (χ1) is 11.2. The number of aryl methyl sites for hydroxylation is 1. The fourth-order valence-corrected chi connectivity index (χ4v) is 3.35. The highest BCUT2D eigenvalue weighted by atomic mass is 16.5. The molecule has 2 heterocycles. The molecule has 1 amide bonds. The van der Waals surface area contributed by atoms with Gasteiger partial charge in [-0.15, -0.1) is 0 Å². The third-order valence-corrected chi connectivity index (χ3v) is 5.02. The van der Waals surface area contributed by atoms with Crippen molar-refractivity contribution in [3.8, 4) is 0 Å². The van der Waals surface area contributed by atoms with Gasteiger partial charge in [-0.2, -0.15) is 0 Å². The lowest BCUT2D eigenvalue weighted by Gasteiger charge is -2.33. The molecule has 2 aliphatic rings. The zero-order valence-corrected chi connectivity index (χ0v) is 13.9. The summed E-state index contributed by atoms with van der Waals surface area (Å²) in [5, 5.41) is 0. The molecule has 0 unspecified atom stereocenters. The van der Waals surface area contributed by atoms with Gasteiger partial charge in [-0.25, -0.2) is 0 Å².